The number of alkyl carbamates (subject to hydrolysis) is 1. The van der Waals surface area contributed by atoms with Crippen molar-refractivity contribution >= 4 is 18.0 Å². The Balaban J connectivity index is 1.19. The molecule has 2 aliphatic carbocycles. The van der Waals surface area contributed by atoms with Gasteiger partial charge in [0.05, 0.1) is 18.4 Å². The van der Waals surface area contributed by atoms with Crippen LogP contribution in [0.5, 0.6) is 0 Å². The number of carboxylic acid groups (broad SMARTS) is 1. The summed E-state index contributed by atoms with van der Waals surface area (Å²) >= 11 is 0. The number of benzene rings is 2. The normalized spacial score (nSPS) is 20.1. The molecule has 1 unspecified atom stereocenters. The zero-order valence-corrected chi connectivity index (χ0v) is 18.5. The number of carbonyl (C=O) groups is 3. The standard InChI is InChI=1S/C26H28N2O5/c29-23(28-13-5-6-17(28)14-24(30)31)15-26(11-12-26)27-25(32)33-16-22-20-9-3-1-7-18(20)19-8-2-4-10-21(19)22/h1-4,7-10,17,22H,5-6,11-16H2,(H,27,32)(H,30,31). The highest BCUT2D eigenvalue weighted by Crippen LogP contribution is 2.45. The predicted molar refractivity (Wildman–Crippen MR) is 122 cm³/mol. The van der Waals surface area contributed by atoms with Gasteiger partial charge in [0.25, 0.3) is 0 Å². The number of amides is 2. The Kier molecular flexibility index (Phi) is 5.56. The average molecular weight is 449 g/mol. The maximum absolute atomic E-state index is 12.9. The number of nitrogens with one attached hydrogen (secondary N) is 1. The van der Waals surface area contributed by atoms with Gasteiger partial charge in [0, 0.05) is 18.5 Å². The van der Waals surface area contributed by atoms with Gasteiger partial charge in [-0.1, -0.05) is 48.5 Å². The zero-order valence-electron chi connectivity index (χ0n) is 18.5. The second kappa shape index (κ2) is 8.54. The minimum Gasteiger partial charge on any atom is -0.481 e. The molecule has 7 nitrogen and oxygen atoms in total. The molecule has 2 fully saturated rings. The summed E-state index contributed by atoms with van der Waals surface area (Å²) < 4.78 is 5.64. The number of fused-ring (bicyclic) bond motifs is 3. The van der Waals surface area contributed by atoms with Gasteiger partial charge in [-0.25, -0.2) is 4.79 Å². The van der Waals surface area contributed by atoms with E-state index in [-0.39, 0.29) is 37.3 Å². The van der Waals surface area contributed by atoms with E-state index < -0.39 is 17.6 Å². The number of rotatable bonds is 7. The van der Waals surface area contributed by atoms with E-state index in [1.807, 2.05) is 24.3 Å². The van der Waals surface area contributed by atoms with E-state index >= 15 is 0 Å². The lowest BCUT2D eigenvalue weighted by Gasteiger charge is -2.26. The molecule has 1 saturated heterocycles. The molecule has 0 spiro atoms. The molecule has 33 heavy (non-hydrogen) atoms. The third-order valence-electron chi connectivity index (χ3n) is 7.16. The van der Waals surface area contributed by atoms with E-state index in [1.165, 1.54) is 11.1 Å². The fourth-order valence-corrected chi connectivity index (χ4v) is 5.32. The van der Waals surface area contributed by atoms with Gasteiger partial charge >= 0.3 is 12.1 Å². The number of aliphatic carboxylic acids is 1. The van der Waals surface area contributed by atoms with Crippen molar-refractivity contribution in [1.29, 1.82) is 0 Å². The molecule has 1 aliphatic heterocycles. The van der Waals surface area contributed by atoms with Crippen LogP contribution in [0.2, 0.25) is 0 Å². The van der Waals surface area contributed by atoms with Crippen LogP contribution in [-0.4, -0.2) is 52.7 Å². The minimum atomic E-state index is -0.891. The van der Waals surface area contributed by atoms with Gasteiger partial charge in [-0.05, 0) is 47.9 Å². The highest BCUT2D eigenvalue weighted by Gasteiger charge is 2.48. The third kappa shape index (κ3) is 4.32. The van der Waals surface area contributed by atoms with Crippen LogP contribution in [-0.2, 0) is 14.3 Å². The van der Waals surface area contributed by atoms with Crippen molar-refractivity contribution in [2.75, 3.05) is 13.2 Å². The first kappa shape index (κ1) is 21.5. The second-order valence-electron chi connectivity index (χ2n) is 9.39. The molecule has 0 radical (unpaired) electrons. The summed E-state index contributed by atoms with van der Waals surface area (Å²) in [6.07, 6.45) is 2.62. The Morgan fingerprint density at radius 2 is 1.67 bits per heavy atom. The summed E-state index contributed by atoms with van der Waals surface area (Å²) in [7, 11) is 0. The summed E-state index contributed by atoms with van der Waals surface area (Å²) in [5, 5.41) is 12.0. The topological polar surface area (TPSA) is 95.9 Å². The Bertz CT molecular complexity index is 1050. The molecule has 3 aliphatic rings. The maximum atomic E-state index is 12.9. The molecular weight excluding hydrogens is 420 g/mol. The van der Waals surface area contributed by atoms with Crippen LogP contribution in [0.1, 0.15) is 55.6 Å². The molecule has 1 heterocycles. The first-order valence-electron chi connectivity index (χ1n) is 11.6. The SMILES string of the molecule is O=C(O)CC1CCCN1C(=O)CC1(NC(=O)OCC2c3ccccc3-c3ccccc32)CC1. The van der Waals surface area contributed by atoms with Crippen LogP contribution in [0.4, 0.5) is 4.79 Å². The van der Waals surface area contributed by atoms with E-state index in [9.17, 15) is 14.4 Å². The zero-order chi connectivity index (χ0) is 23.0. The highest BCUT2D eigenvalue weighted by molar-refractivity contribution is 5.81. The molecule has 7 heteroatoms. The van der Waals surface area contributed by atoms with Crippen LogP contribution < -0.4 is 5.32 Å². The Morgan fingerprint density at radius 1 is 1.03 bits per heavy atom. The maximum Gasteiger partial charge on any atom is 0.407 e. The average Bonchev–Trinajstić information content (AvgIpc) is 3.25. The summed E-state index contributed by atoms with van der Waals surface area (Å²) in [6, 6.07) is 16.1. The highest BCUT2D eigenvalue weighted by atomic mass is 16.5. The molecule has 1 saturated carbocycles. The van der Waals surface area contributed by atoms with Crippen molar-refractivity contribution in [3.05, 3.63) is 59.7 Å². The first-order valence-corrected chi connectivity index (χ1v) is 11.6. The number of hydrogen-bond donors (Lipinski definition) is 2. The third-order valence-corrected chi connectivity index (χ3v) is 7.16. The Morgan fingerprint density at radius 3 is 2.27 bits per heavy atom. The number of likely N-dealkylation sites (tertiary alicyclic amines) is 1. The predicted octanol–water partition coefficient (Wildman–Crippen LogP) is 3.91. The van der Waals surface area contributed by atoms with Crippen LogP contribution >= 0.6 is 0 Å². The summed E-state index contributed by atoms with van der Waals surface area (Å²) in [6.45, 7) is 0.814. The second-order valence-corrected chi connectivity index (χ2v) is 9.39. The largest absolute Gasteiger partial charge is 0.481 e. The smallest absolute Gasteiger partial charge is 0.407 e. The summed E-state index contributed by atoms with van der Waals surface area (Å²) in [5.74, 6) is -0.992. The van der Waals surface area contributed by atoms with Crippen molar-refractivity contribution in [3.63, 3.8) is 0 Å². The molecule has 0 aromatic heterocycles. The van der Waals surface area contributed by atoms with Gasteiger partial charge in [0.15, 0.2) is 0 Å². The van der Waals surface area contributed by atoms with Gasteiger partial charge in [-0.3, -0.25) is 9.59 Å². The number of ether oxygens (including phenoxy) is 1. The monoisotopic (exact) mass is 448 g/mol. The lowest BCUT2D eigenvalue weighted by molar-refractivity contribution is -0.140. The van der Waals surface area contributed by atoms with Crippen molar-refractivity contribution in [2.45, 2.75) is 56.0 Å². The van der Waals surface area contributed by atoms with Crippen LogP contribution in [0.15, 0.2) is 48.5 Å². The fraction of sp³-hybridized carbons (Fsp3) is 0.423. The molecule has 2 aromatic carbocycles. The summed E-state index contributed by atoms with van der Waals surface area (Å²) in [4.78, 5) is 38.3. The fourth-order valence-electron chi connectivity index (χ4n) is 5.32. The molecule has 5 rings (SSSR count). The molecule has 0 bridgehead atoms. The molecule has 2 amide bonds. The molecule has 172 valence electrons. The molecule has 2 N–H and O–H groups in total. The van der Waals surface area contributed by atoms with E-state index in [2.05, 4.69) is 29.6 Å². The van der Waals surface area contributed by atoms with E-state index in [0.717, 1.165) is 30.4 Å². The van der Waals surface area contributed by atoms with Gasteiger partial charge in [-0.2, -0.15) is 0 Å². The molecular formula is C26H28N2O5. The quantitative estimate of drug-likeness (QED) is 0.670. The van der Waals surface area contributed by atoms with Crippen molar-refractivity contribution in [3.8, 4) is 11.1 Å². The van der Waals surface area contributed by atoms with Crippen LogP contribution in [0.25, 0.3) is 11.1 Å². The van der Waals surface area contributed by atoms with E-state index in [0.29, 0.717) is 13.0 Å². The Hall–Kier alpha value is -3.35. The lowest BCUT2D eigenvalue weighted by atomic mass is 9.98. The Labute approximate surface area is 192 Å². The van der Waals surface area contributed by atoms with Crippen molar-refractivity contribution in [1.82, 2.24) is 10.2 Å². The first-order chi connectivity index (χ1) is 16.0. The summed E-state index contributed by atoms with van der Waals surface area (Å²) in [5.41, 5.74) is 4.08. The lowest BCUT2D eigenvalue weighted by Crippen LogP contribution is -2.44. The number of hydrogen-bond acceptors (Lipinski definition) is 4. The van der Waals surface area contributed by atoms with Crippen LogP contribution in [0.3, 0.4) is 0 Å². The number of nitrogens with zero attached hydrogens (tertiary/aromatic N) is 1. The van der Waals surface area contributed by atoms with E-state index in [4.69, 9.17) is 9.84 Å². The van der Waals surface area contributed by atoms with Crippen molar-refractivity contribution in [2.24, 2.45) is 0 Å². The van der Waals surface area contributed by atoms with Gasteiger partial charge < -0.3 is 20.1 Å². The van der Waals surface area contributed by atoms with E-state index in [1.54, 1.807) is 4.90 Å². The molecule has 2 aromatic rings. The number of carbonyl (C=O) groups excluding carboxylic acids is 2. The minimum absolute atomic E-state index is 0.0127. The molecule has 1 atom stereocenters. The number of carboxylic acids is 1. The van der Waals surface area contributed by atoms with Crippen molar-refractivity contribution < 1.29 is 24.2 Å². The van der Waals surface area contributed by atoms with Gasteiger partial charge in [-0.15, -0.1) is 0 Å². The van der Waals surface area contributed by atoms with Gasteiger partial charge in [0.2, 0.25) is 5.91 Å². The van der Waals surface area contributed by atoms with Gasteiger partial charge in [0.1, 0.15) is 6.61 Å². The van der Waals surface area contributed by atoms with Crippen LogP contribution in [0, 0.1) is 0 Å².